The number of amides is 3. The van der Waals surface area contributed by atoms with Crippen LogP contribution < -0.4 is 16.0 Å². The minimum Gasteiger partial charge on any atom is -0.355 e. The summed E-state index contributed by atoms with van der Waals surface area (Å²) in [7, 11) is 1.57. The van der Waals surface area contributed by atoms with Crippen LogP contribution in [0.3, 0.4) is 0 Å². The van der Waals surface area contributed by atoms with E-state index in [4.69, 9.17) is 0 Å². The second-order valence-corrected chi connectivity index (χ2v) is 7.00. The Hall–Kier alpha value is -2.93. The highest BCUT2D eigenvalue weighted by atomic mass is 79.9. The maximum absolute atomic E-state index is 12.0. The summed E-state index contributed by atoms with van der Waals surface area (Å²) in [6, 6.07) is 12.5. The quantitative estimate of drug-likeness (QED) is 0.573. The van der Waals surface area contributed by atoms with Gasteiger partial charge in [-0.2, -0.15) is 0 Å². The van der Waals surface area contributed by atoms with Crippen molar-refractivity contribution in [2.24, 2.45) is 0 Å². The summed E-state index contributed by atoms with van der Waals surface area (Å²) in [6.07, 6.45) is 3.21. The van der Waals surface area contributed by atoms with Gasteiger partial charge in [-0.1, -0.05) is 34.1 Å². The first kappa shape index (κ1) is 21.4. The molecule has 0 aliphatic carbocycles. The Morgan fingerprint density at radius 2 is 1.79 bits per heavy atom. The highest BCUT2D eigenvalue weighted by molar-refractivity contribution is 9.10. The van der Waals surface area contributed by atoms with Gasteiger partial charge in [0.15, 0.2) is 0 Å². The molecule has 0 saturated carbocycles. The van der Waals surface area contributed by atoms with Crippen LogP contribution in [0, 0.1) is 6.92 Å². The van der Waals surface area contributed by atoms with E-state index in [1.165, 1.54) is 6.08 Å². The van der Waals surface area contributed by atoms with Crippen LogP contribution in [0.5, 0.6) is 0 Å². The predicted molar refractivity (Wildman–Crippen MR) is 114 cm³/mol. The molecule has 0 atom stereocenters. The van der Waals surface area contributed by atoms with Crippen LogP contribution in [-0.4, -0.2) is 31.3 Å². The lowest BCUT2D eigenvalue weighted by Crippen LogP contribution is -2.26. The fourth-order valence-corrected chi connectivity index (χ4v) is 2.72. The fraction of sp³-hybridized carbons (Fsp3) is 0.190. The van der Waals surface area contributed by atoms with Crippen molar-refractivity contribution in [3.05, 3.63) is 69.7 Å². The van der Waals surface area contributed by atoms with Crippen LogP contribution in [0.4, 0.5) is 5.69 Å². The standard InChI is InChI=1S/C21H22BrN3O3/c1-14-3-9-17(22)13-18(14)25-20(27)11-12-24-19(26)10-6-15-4-7-16(8-5-15)21(28)23-2/h3-10,13H,11-12H2,1-2H3,(H,23,28)(H,24,26)(H,25,27)/b10-6+. The van der Waals surface area contributed by atoms with Crippen LogP contribution in [0.2, 0.25) is 0 Å². The largest absolute Gasteiger partial charge is 0.355 e. The summed E-state index contributed by atoms with van der Waals surface area (Å²) in [5.41, 5.74) is 3.05. The number of aryl methyl sites for hydroxylation is 1. The molecule has 3 N–H and O–H groups in total. The molecule has 0 fully saturated rings. The third-order valence-electron chi connectivity index (χ3n) is 3.95. The maximum Gasteiger partial charge on any atom is 0.251 e. The number of carbonyl (C=O) groups is 3. The molecule has 0 saturated heterocycles. The van der Waals surface area contributed by atoms with Crippen LogP contribution in [0.1, 0.15) is 27.9 Å². The zero-order valence-electron chi connectivity index (χ0n) is 15.7. The van der Waals surface area contributed by atoms with Gasteiger partial charge in [0.1, 0.15) is 0 Å². The number of hydrogen-bond acceptors (Lipinski definition) is 3. The topological polar surface area (TPSA) is 87.3 Å². The van der Waals surface area contributed by atoms with Gasteiger partial charge >= 0.3 is 0 Å². The van der Waals surface area contributed by atoms with E-state index >= 15 is 0 Å². The summed E-state index contributed by atoms with van der Waals surface area (Å²) >= 11 is 3.37. The van der Waals surface area contributed by atoms with E-state index in [-0.39, 0.29) is 30.7 Å². The molecule has 0 heterocycles. The van der Waals surface area contributed by atoms with Crippen molar-refractivity contribution in [3.63, 3.8) is 0 Å². The van der Waals surface area contributed by atoms with Gasteiger partial charge in [0, 0.05) is 41.8 Å². The molecule has 28 heavy (non-hydrogen) atoms. The zero-order chi connectivity index (χ0) is 20.5. The van der Waals surface area contributed by atoms with Crippen LogP contribution >= 0.6 is 15.9 Å². The molecular formula is C21H22BrN3O3. The Labute approximate surface area is 172 Å². The number of halogens is 1. The number of hydrogen-bond donors (Lipinski definition) is 3. The second-order valence-electron chi connectivity index (χ2n) is 6.08. The summed E-state index contributed by atoms with van der Waals surface area (Å²) < 4.78 is 0.884. The molecule has 3 amide bonds. The molecule has 0 bridgehead atoms. The van der Waals surface area contributed by atoms with Crippen molar-refractivity contribution in [2.45, 2.75) is 13.3 Å². The third-order valence-corrected chi connectivity index (χ3v) is 4.45. The van der Waals surface area contributed by atoms with Gasteiger partial charge in [0.2, 0.25) is 11.8 Å². The Kier molecular flexibility index (Phi) is 7.95. The first-order valence-corrected chi connectivity index (χ1v) is 9.52. The molecule has 0 aliphatic rings. The average Bonchev–Trinajstić information content (AvgIpc) is 2.69. The van der Waals surface area contributed by atoms with Crippen LogP contribution in [0.25, 0.3) is 6.08 Å². The monoisotopic (exact) mass is 443 g/mol. The van der Waals surface area contributed by atoms with Crippen molar-refractivity contribution >= 4 is 45.4 Å². The lowest BCUT2D eigenvalue weighted by molar-refractivity contribution is -0.117. The van der Waals surface area contributed by atoms with E-state index in [1.54, 1.807) is 37.4 Å². The fourth-order valence-electron chi connectivity index (χ4n) is 2.36. The Morgan fingerprint density at radius 1 is 1.07 bits per heavy atom. The van der Waals surface area contributed by atoms with Crippen LogP contribution in [0.15, 0.2) is 53.0 Å². The summed E-state index contributed by atoms with van der Waals surface area (Å²) in [6.45, 7) is 2.15. The molecule has 0 spiro atoms. The lowest BCUT2D eigenvalue weighted by atomic mass is 10.1. The molecule has 0 radical (unpaired) electrons. The number of nitrogens with one attached hydrogen (secondary N) is 3. The minimum absolute atomic E-state index is 0.162. The smallest absolute Gasteiger partial charge is 0.251 e. The molecule has 0 aromatic heterocycles. The SMILES string of the molecule is CNC(=O)c1ccc(/C=C/C(=O)NCCC(=O)Nc2cc(Br)ccc2C)cc1. The number of anilines is 1. The summed E-state index contributed by atoms with van der Waals surface area (Å²) in [5, 5.41) is 8.05. The van der Waals surface area contributed by atoms with Gasteiger partial charge in [0.05, 0.1) is 0 Å². The van der Waals surface area contributed by atoms with Crippen molar-refractivity contribution in [3.8, 4) is 0 Å². The summed E-state index contributed by atoms with van der Waals surface area (Å²) in [4.78, 5) is 35.4. The number of rotatable bonds is 7. The average molecular weight is 444 g/mol. The first-order valence-electron chi connectivity index (χ1n) is 8.73. The highest BCUT2D eigenvalue weighted by Crippen LogP contribution is 2.20. The first-order chi connectivity index (χ1) is 13.4. The van der Waals surface area contributed by atoms with Crippen molar-refractivity contribution in [2.75, 3.05) is 18.9 Å². The molecule has 6 nitrogen and oxygen atoms in total. The maximum atomic E-state index is 12.0. The lowest BCUT2D eigenvalue weighted by Gasteiger charge is -2.09. The van der Waals surface area contributed by atoms with E-state index < -0.39 is 0 Å². The van der Waals surface area contributed by atoms with Gasteiger partial charge < -0.3 is 16.0 Å². The summed E-state index contributed by atoms with van der Waals surface area (Å²) in [5.74, 6) is -0.623. The molecule has 2 rings (SSSR count). The van der Waals surface area contributed by atoms with E-state index in [2.05, 4.69) is 31.9 Å². The molecule has 146 valence electrons. The Morgan fingerprint density at radius 3 is 2.46 bits per heavy atom. The van der Waals surface area contributed by atoms with Crippen LogP contribution in [-0.2, 0) is 9.59 Å². The molecular weight excluding hydrogens is 422 g/mol. The van der Waals surface area contributed by atoms with E-state index in [1.807, 2.05) is 25.1 Å². The van der Waals surface area contributed by atoms with Gasteiger partial charge in [-0.05, 0) is 48.4 Å². The molecule has 2 aromatic carbocycles. The zero-order valence-corrected chi connectivity index (χ0v) is 17.3. The normalized spacial score (nSPS) is 10.5. The van der Waals surface area contributed by atoms with Gasteiger partial charge in [-0.3, -0.25) is 14.4 Å². The van der Waals surface area contributed by atoms with Gasteiger partial charge in [-0.25, -0.2) is 0 Å². The third kappa shape index (κ3) is 6.66. The van der Waals surface area contributed by atoms with E-state index in [0.29, 0.717) is 5.56 Å². The molecule has 0 aliphatic heterocycles. The Bertz CT molecular complexity index is 892. The predicted octanol–water partition coefficient (Wildman–Crippen LogP) is 3.28. The van der Waals surface area contributed by atoms with E-state index in [9.17, 15) is 14.4 Å². The minimum atomic E-state index is -0.290. The highest BCUT2D eigenvalue weighted by Gasteiger charge is 2.06. The van der Waals surface area contributed by atoms with Crippen molar-refractivity contribution in [1.82, 2.24) is 10.6 Å². The van der Waals surface area contributed by atoms with Crippen molar-refractivity contribution in [1.29, 1.82) is 0 Å². The van der Waals surface area contributed by atoms with E-state index in [0.717, 1.165) is 21.3 Å². The molecule has 0 unspecified atom stereocenters. The second kappa shape index (κ2) is 10.4. The molecule has 7 heteroatoms. The molecule has 2 aromatic rings. The number of carbonyl (C=O) groups excluding carboxylic acids is 3. The van der Waals surface area contributed by atoms with Crippen molar-refractivity contribution < 1.29 is 14.4 Å². The van der Waals surface area contributed by atoms with Gasteiger partial charge in [-0.15, -0.1) is 0 Å². The Balaban J connectivity index is 1.77. The number of benzene rings is 2. The van der Waals surface area contributed by atoms with Gasteiger partial charge in [0.25, 0.3) is 5.91 Å².